The molecule has 1 rings (SSSR count). The normalized spacial score (nSPS) is 9.40. The summed E-state index contributed by atoms with van der Waals surface area (Å²) in [5, 5.41) is 17.5. The van der Waals surface area contributed by atoms with Gasteiger partial charge in [0.2, 0.25) is 0 Å². The van der Waals surface area contributed by atoms with Crippen LogP contribution in [0.2, 0.25) is 0 Å². The van der Waals surface area contributed by atoms with E-state index in [-0.39, 0.29) is 0 Å². The Morgan fingerprint density at radius 3 is 2.07 bits per heavy atom. The zero-order valence-electron chi connectivity index (χ0n) is 8.82. The van der Waals surface area contributed by atoms with Gasteiger partial charge >= 0.3 is 0 Å². The van der Waals surface area contributed by atoms with E-state index in [4.69, 9.17) is 15.3 Å². The Kier molecular flexibility index (Phi) is 3.71. The third-order valence-corrected chi connectivity index (χ3v) is 1.75. The zero-order chi connectivity index (χ0) is 11.3. The summed E-state index contributed by atoms with van der Waals surface area (Å²) in [5.41, 5.74) is 0.903. The number of nitrogens with zero attached hydrogens (tertiary/aromatic N) is 2. The first-order valence-corrected chi connectivity index (χ1v) is 4.74. The van der Waals surface area contributed by atoms with Crippen LogP contribution in [-0.4, -0.2) is 6.61 Å². The Morgan fingerprint density at radius 2 is 1.67 bits per heavy atom. The van der Waals surface area contributed by atoms with Crippen molar-refractivity contribution in [1.29, 1.82) is 10.5 Å². The molecule has 0 radical (unpaired) electrons. The first-order chi connectivity index (χ1) is 7.15. The van der Waals surface area contributed by atoms with Crippen molar-refractivity contribution in [2.24, 2.45) is 5.92 Å². The lowest BCUT2D eigenvalue weighted by Crippen LogP contribution is -2.04. The molecular formula is C12H12N2O. The van der Waals surface area contributed by atoms with Gasteiger partial charge in [-0.2, -0.15) is 10.5 Å². The van der Waals surface area contributed by atoms with Crippen LogP contribution in [0.5, 0.6) is 5.75 Å². The molecule has 0 aromatic heterocycles. The molecule has 15 heavy (non-hydrogen) atoms. The van der Waals surface area contributed by atoms with Crippen LogP contribution in [0.3, 0.4) is 0 Å². The summed E-state index contributed by atoms with van der Waals surface area (Å²) in [6.07, 6.45) is 0. The molecule has 0 fully saturated rings. The summed E-state index contributed by atoms with van der Waals surface area (Å²) in [5.74, 6) is 1.00. The summed E-state index contributed by atoms with van der Waals surface area (Å²) in [4.78, 5) is 0. The van der Waals surface area contributed by atoms with Crippen molar-refractivity contribution in [2.45, 2.75) is 13.8 Å². The van der Waals surface area contributed by atoms with Crippen LogP contribution in [0.15, 0.2) is 18.2 Å². The predicted molar refractivity (Wildman–Crippen MR) is 56.2 cm³/mol. The number of nitriles is 2. The molecule has 0 bridgehead atoms. The molecular weight excluding hydrogens is 188 g/mol. The van der Waals surface area contributed by atoms with Gasteiger partial charge in [0.1, 0.15) is 5.75 Å². The highest BCUT2D eigenvalue weighted by molar-refractivity contribution is 5.45. The third kappa shape index (κ3) is 3.32. The van der Waals surface area contributed by atoms with Gasteiger partial charge in [0.05, 0.1) is 29.9 Å². The monoisotopic (exact) mass is 200 g/mol. The molecule has 1 aromatic carbocycles. The lowest BCUT2D eigenvalue weighted by Gasteiger charge is -2.08. The molecule has 0 saturated heterocycles. The van der Waals surface area contributed by atoms with Crippen molar-refractivity contribution < 1.29 is 4.74 Å². The van der Waals surface area contributed by atoms with Gasteiger partial charge in [0.25, 0.3) is 0 Å². The summed E-state index contributed by atoms with van der Waals surface area (Å²) < 4.78 is 5.45. The highest BCUT2D eigenvalue weighted by Crippen LogP contribution is 2.17. The average molecular weight is 200 g/mol. The van der Waals surface area contributed by atoms with Crippen LogP contribution in [0.1, 0.15) is 25.0 Å². The highest BCUT2D eigenvalue weighted by atomic mass is 16.5. The van der Waals surface area contributed by atoms with Crippen LogP contribution in [0.4, 0.5) is 0 Å². The molecule has 0 N–H and O–H groups in total. The minimum Gasteiger partial charge on any atom is -0.493 e. The molecule has 0 saturated carbocycles. The summed E-state index contributed by atoms with van der Waals surface area (Å²) >= 11 is 0. The van der Waals surface area contributed by atoms with Gasteiger partial charge in [0.15, 0.2) is 0 Å². The molecule has 0 atom stereocenters. The van der Waals surface area contributed by atoms with E-state index in [0.29, 0.717) is 29.4 Å². The fourth-order valence-corrected chi connectivity index (χ4v) is 1.07. The number of rotatable bonds is 3. The first-order valence-electron chi connectivity index (χ1n) is 4.74. The van der Waals surface area contributed by atoms with Crippen LogP contribution < -0.4 is 4.74 Å². The van der Waals surface area contributed by atoms with E-state index in [0.717, 1.165) is 0 Å². The second kappa shape index (κ2) is 5.02. The molecule has 3 heteroatoms. The van der Waals surface area contributed by atoms with E-state index < -0.39 is 0 Å². The standard InChI is InChI=1S/C12H12N2O/c1-9(2)8-15-12-4-10(6-13)3-11(5-12)7-14/h3-5,9H,8H2,1-2H3. The summed E-state index contributed by atoms with van der Waals surface area (Å²) in [6.45, 7) is 4.67. The lowest BCUT2D eigenvalue weighted by molar-refractivity contribution is 0.271. The average Bonchev–Trinajstić information content (AvgIpc) is 2.25. The van der Waals surface area contributed by atoms with Crippen LogP contribution in [0.25, 0.3) is 0 Å². The fraction of sp³-hybridized carbons (Fsp3) is 0.333. The van der Waals surface area contributed by atoms with E-state index in [1.165, 1.54) is 0 Å². The zero-order valence-corrected chi connectivity index (χ0v) is 8.82. The SMILES string of the molecule is CC(C)COc1cc(C#N)cc(C#N)c1. The highest BCUT2D eigenvalue weighted by Gasteiger charge is 2.02. The Labute approximate surface area is 89.5 Å². The predicted octanol–water partition coefficient (Wildman–Crippen LogP) is 2.46. The van der Waals surface area contributed by atoms with E-state index in [1.54, 1.807) is 18.2 Å². The smallest absolute Gasteiger partial charge is 0.121 e. The number of ether oxygens (including phenoxy) is 1. The van der Waals surface area contributed by atoms with Crippen molar-refractivity contribution >= 4 is 0 Å². The Hall–Kier alpha value is -2.00. The minimum atomic E-state index is 0.418. The number of hydrogen-bond donors (Lipinski definition) is 0. The van der Waals surface area contributed by atoms with Gasteiger partial charge in [-0.1, -0.05) is 13.8 Å². The Morgan fingerprint density at radius 1 is 1.13 bits per heavy atom. The first kappa shape index (κ1) is 11.1. The number of hydrogen-bond acceptors (Lipinski definition) is 3. The molecule has 3 nitrogen and oxygen atoms in total. The van der Waals surface area contributed by atoms with E-state index in [9.17, 15) is 0 Å². The third-order valence-electron chi connectivity index (χ3n) is 1.75. The van der Waals surface area contributed by atoms with Crippen LogP contribution in [-0.2, 0) is 0 Å². The van der Waals surface area contributed by atoms with Gasteiger partial charge in [-0.05, 0) is 24.1 Å². The summed E-state index contributed by atoms with van der Waals surface area (Å²) in [7, 11) is 0. The van der Waals surface area contributed by atoms with Gasteiger partial charge in [-0.25, -0.2) is 0 Å². The van der Waals surface area contributed by atoms with E-state index >= 15 is 0 Å². The van der Waals surface area contributed by atoms with Gasteiger partial charge < -0.3 is 4.74 Å². The maximum Gasteiger partial charge on any atom is 0.121 e. The van der Waals surface area contributed by atoms with Crippen molar-refractivity contribution in [2.75, 3.05) is 6.61 Å². The topological polar surface area (TPSA) is 56.8 Å². The van der Waals surface area contributed by atoms with Gasteiger partial charge in [-0.3, -0.25) is 0 Å². The van der Waals surface area contributed by atoms with E-state index in [2.05, 4.69) is 0 Å². The fourth-order valence-electron chi connectivity index (χ4n) is 1.07. The molecule has 0 heterocycles. The second-order valence-electron chi connectivity index (χ2n) is 3.67. The minimum absolute atomic E-state index is 0.418. The van der Waals surface area contributed by atoms with Gasteiger partial charge in [0, 0.05) is 0 Å². The van der Waals surface area contributed by atoms with Crippen molar-refractivity contribution in [3.63, 3.8) is 0 Å². The second-order valence-corrected chi connectivity index (χ2v) is 3.67. The Balaban J connectivity index is 2.89. The molecule has 0 aliphatic carbocycles. The van der Waals surface area contributed by atoms with Gasteiger partial charge in [-0.15, -0.1) is 0 Å². The van der Waals surface area contributed by atoms with Crippen molar-refractivity contribution in [3.05, 3.63) is 29.3 Å². The molecule has 0 unspecified atom stereocenters. The summed E-state index contributed by atoms with van der Waals surface area (Å²) in [6, 6.07) is 8.83. The largest absolute Gasteiger partial charge is 0.493 e. The molecule has 1 aromatic rings. The van der Waals surface area contributed by atoms with Crippen molar-refractivity contribution in [1.82, 2.24) is 0 Å². The van der Waals surface area contributed by atoms with Crippen LogP contribution in [0, 0.1) is 28.6 Å². The molecule has 0 spiro atoms. The quantitative estimate of drug-likeness (QED) is 0.753. The molecule has 0 aliphatic rings. The molecule has 0 aliphatic heterocycles. The lowest BCUT2D eigenvalue weighted by atomic mass is 10.1. The number of benzene rings is 1. The van der Waals surface area contributed by atoms with Crippen molar-refractivity contribution in [3.8, 4) is 17.9 Å². The van der Waals surface area contributed by atoms with Crippen LogP contribution >= 0.6 is 0 Å². The maximum atomic E-state index is 8.74. The molecule has 0 amide bonds. The molecule has 76 valence electrons. The Bertz CT molecular complexity index is 392. The van der Waals surface area contributed by atoms with E-state index in [1.807, 2.05) is 26.0 Å². The maximum absolute atomic E-state index is 8.74.